The van der Waals surface area contributed by atoms with Crippen molar-refractivity contribution in [3.63, 3.8) is 0 Å². The summed E-state index contributed by atoms with van der Waals surface area (Å²) in [6.07, 6.45) is 2.35. The molecule has 1 aromatic rings. The number of carboxylic acids is 1. The number of carbonyl (C=O) groups excluding carboxylic acids is 1. The molecule has 1 heterocycles. The van der Waals surface area contributed by atoms with Crippen LogP contribution in [0.2, 0.25) is 0 Å². The first kappa shape index (κ1) is 14.3. The lowest BCUT2D eigenvalue weighted by Crippen LogP contribution is -2.43. The van der Waals surface area contributed by atoms with Gasteiger partial charge >= 0.3 is 5.97 Å². The minimum absolute atomic E-state index is 0.301. The number of pyridine rings is 1. The molecule has 0 unspecified atom stereocenters. The number of aromatic nitrogens is 1. The first-order chi connectivity index (χ1) is 9.57. The normalized spacial score (nSPS) is 15.4. The highest BCUT2D eigenvalue weighted by Crippen LogP contribution is 2.35. The molecule has 7 heteroatoms. The molecule has 1 aliphatic rings. The van der Waals surface area contributed by atoms with Crippen molar-refractivity contribution in [3.8, 4) is 5.88 Å². The van der Waals surface area contributed by atoms with E-state index in [0.717, 1.165) is 0 Å². The molecule has 20 heavy (non-hydrogen) atoms. The number of amides is 1. The molecule has 108 valence electrons. The summed E-state index contributed by atoms with van der Waals surface area (Å²) >= 11 is 0. The summed E-state index contributed by atoms with van der Waals surface area (Å²) in [5, 5.41) is 11.6. The van der Waals surface area contributed by atoms with Crippen LogP contribution in [0.1, 0.15) is 23.2 Å². The van der Waals surface area contributed by atoms with Crippen LogP contribution in [0, 0.1) is 0 Å². The van der Waals surface area contributed by atoms with Crippen molar-refractivity contribution in [3.05, 3.63) is 23.9 Å². The largest absolute Gasteiger partial charge is 0.480 e. The molecular weight excluding hydrogens is 264 g/mol. The number of ether oxygens (including phenoxy) is 2. The third-order valence-electron chi connectivity index (χ3n) is 3.05. The number of aliphatic carboxylic acids is 1. The van der Waals surface area contributed by atoms with Gasteiger partial charge in [-0.3, -0.25) is 4.79 Å². The monoisotopic (exact) mass is 280 g/mol. The zero-order valence-corrected chi connectivity index (χ0v) is 11.1. The highest BCUT2D eigenvalue weighted by atomic mass is 16.5. The van der Waals surface area contributed by atoms with Crippen LogP contribution >= 0.6 is 0 Å². The average Bonchev–Trinajstić information content (AvgIpc) is 3.20. The maximum atomic E-state index is 12.0. The Kier molecular flexibility index (Phi) is 4.19. The summed E-state index contributed by atoms with van der Waals surface area (Å²) in [5.74, 6) is -1.14. The highest BCUT2D eigenvalue weighted by molar-refractivity contribution is 5.99. The van der Waals surface area contributed by atoms with Crippen LogP contribution in [0.3, 0.4) is 0 Å². The van der Waals surface area contributed by atoms with Crippen LogP contribution in [0.4, 0.5) is 0 Å². The van der Waals surface area contributed by atoms with Gasteiger partial charge in [-0.05, 0) is 18.9 Å². The van der Waals surface area contributed by atoms with Gasteiger partial charge in [0.05, 0.1) is 6.61 Å². The van der Waals surface area contributed by atoms with E-state index < -0.39 is 17.4 Å². The molecule has 1 saturated carbocycles. The van der Waals surface area contributed by atoms with Crippen LogP contribution in [0.15, 0.2) is 18.3 Å². The van der Waals surface area contributed by atoms with E-state index in [-0.39, 0.29) is 0 Å². The molecule has 0 saturated heterocycles. The molecule has 1 fully saturated rings. The van der Waals surface area contributed by atoms with Crippen molar-refractivity contribution in [2.24, 2.45) is 0 Å². The standard InChI is InChI=1S/C13H16N2O5/c1-19-6-7-20-10-8-9(2-5-14-10)11(16)15-13(3-4-13)12(17)18/h2,5,8H,3-4,6-7H2,1H3,(H,15,16)(H,17,18). The van der Waals surface area contributed by atoms with E-state index in [1.54, 1.807) is 7.11 Å². The molecule has 0 spiro atoms. The summed E-state index contributed by atoms with van der Waals surface area (Å²) in [5.41, 5.74) is -0.780. The molecule has 2 N–H and O–H groups in total. The molecule has 0 bridgehead atoms. The summed E-state index contributed by atoms with van der Waals surface area (Å²) < 4.78 is 10.1. The number of nitrogens with zero attached hydrogens (tertiary/aromatic N) is 1. The smallest absolute Gasteiger partial charge is 0.329 e. The lowest BCUT2D eigenvalue weighted by molar-refractivity contribution is -0.140. The second kappa shape index (κ2) is 5.87. The maximum Gasteiger partial charge on any atom is 0.329 e. The van der Waals surface area contributed by atoms with Crippen molar-refractivity contribution in [2.45, 2.75) is 18.4 Å². The third kappa shape index (κ3) is 3.24. The molecule has 1 aromatic heterocycles. The van der Waals surface area contributed by atoms with Crippen LogP contribution in [-0.2, 0) is 9.53 Å². The van der Waals surface area contributed by atoms with Gasteiger partial charge in [0.2, 0.25) is 5.88 Å². The Balaban J connectivity index is 1.99. The van der Waals surface area contributed by atoms with Gasteiger partial charge in [0.1, 0.15) is 12.1 Å². The lowest BCUT2D eigenvalue weighted by Gasteiger charge is -2.12. The van der Waals surface area contributed by atoms with E-state index in [9.17, 15) is 9.59 Å². The van der Waals surface area contributed by atoms with E-state index in [0.29, 0.717) is 37.5 Å². The Morgan fingerprint density at radius 3 is 2.80 bits per heavy atom. The number of rotatable bonds is 7. The molecule has 0 aliphatic heterocycles. The fourth-order valence-electron chi connectivity index (χ4n) is 1.67. The number of carbonyl (C=O) groups is 2. The van der Waals surface area contributed by atoms with E-state index in [2.05, 4.69) is 10.3 Å². The predicted molar refractivity (Wildman–Crippen MR) is 68.7 cm³/mol. The SMILES string of the molecule is COCCOc1cc(C(=O)NC2(C(=O)O)CC2)ccn1. The van der Waals surface area contributed by atoms with E-state index in [4.69, 9.17) is 14.6 Å². The average molecular weight is 280 g/mol. The lowest BCUT2D eigenvalue weighted by atomic mass is 10.2. The Morgan fingerprint density at radius 2 is 2.20 bits per heavy atom. The minimum atomic E-state index is -1.10. The number of hydrogen-bond donors (Lipinski definition) is 2. The van der Waals surface area contributed by atoms with E-state index in [1.807, 2.05) is 0 Å². The Morgan fingerprint density at radius 1 is 1.45 bits per heavy atom. The molecule has 0 radical (unpaired) electrons. The van der Waals surface area contributed by atoms with Crippen molar-refractivity contribution >= 4 is 11.9 Å². The molecule has 0 atom stereocenters. The predicted octanol–water partition coefficient (Wildman–Crippen LogP) is 0.454. The number of hydrogen-bond acceptors (Lipinski definition) is 5. The fraction of sp³-hybridized carbons (Fsp3) is 0.462. The molecule has 1 amide bonds. The first-order valence-electron chi connectivity index (χ1n) is 6.21. The maximum absolute atomic E-state index is 12.0. The zero-order valence-electron chi connectivity index (χ0n) is 11.1. The van der Waals surface area contributed by atoms with Crippen molar-refractivity contribution in [1.29, 1.82) is 0 Å². The summed E-state index contributed by atoms with van der Waals surface area (Å²) in [7, 11) is 1.56. The van der Waals surface area contributed by atoms with Gasteiger partial charge in [0, 0.05) is 24.9 Å². The van der Waals surface area contributed by atoms with Gasteiger partial charge in [-0.1, -0.05) is 0 Å². The molecular formula is C13H16N2O5. The zero-order chi connectivity index (χ0) is 14.6. The van der Waals surface area contributed by atoms with Crippen LogP contribution in [0.5, 0.6) is 5.88 Å². The molecule has 2 rings (SSSR count). The van der Waals surface area contributed by atoms with Gasteiger partial charge in [-0.15, -0.1) is 0 Å². The number of nitrogens with one attached hydrogen (secondary N) is 1. The van der Waals surface area contributed by atoms with Crippen molar-refractivity contribution in [2.75, 3.05) is 20.3 Å². The quantitative estimate of drug-likeness (QED) is 0.704. The molecule has 0 aromatic carbocycles. The van der Waals surface area contributed by atoms with Crippen molar-refractivity contribution in [1.82, 2.24) is 10.3 Å². The first-order valence-corrected chi connectivity index (χ1v) is 6.21. The van der Waals surface area contributed by atoms with Gasteiger partial charge < -0.3 is 19.9 Å². The van der Waals surface area contributed by atoms with Gasteiger partial charge in [-0.25, -0.2) is 9.78 Å². The third-order valence-corrected chi connectivity index (χ3v) is 3.05. The van der Waals surface area contributed by atoms with Crippen LogP contribution in [0.25, 0.3) is 0 Å². The molecule has 1 aliphatic carbocycles. The Hall–Kier alpha value is -2.15. The summed E-state index contributed by atoms with van der Waals surface area (Å²) in [4.78, 5) is 27.0. The Bertz CT molecular complexity index is 513. The van der Waals surface area contributed by atoms with Gasteiger partial charge in [-0.2, -0.15) is 0 Å². The minimum Gasteiger partial charge on any atom is -0.480 e. The summed E-state index contributed by atoms with van der Waals surface area (Å²) in [6.45, 7) is 0.744. The molecule has 7 nitrogen and oxygen atoms in total. The number of carboxylic acid groups (broad SMARTS) is 1. The second-order valence-electron chi connectivity index (χ2n) is 4.57. The van der Waals surface area contributed by atoms with Crippen molar-refractivity contribution < 1.29 is 24.2 Å². The topological polar surface area (TPSA) is 97.8 Å². The fourth-order valence-corrected chi connectivity index (χ4v) is 1.67. The van der Waals surface area contributed by atoms with E-state index >= 15 is 0 Å². The Labute approximate surface area is 115 Å². The van der Waals surface area contributed by atoms with E-state index in [1.165, 1.54) is 18.3 Å². The number of methoxy groups -OCH3 is 1. The van der Waals surface area contributed by atoms with Gasteiger partial charge in [0.25, 0.3) is 5.91 Å². The van der Waals surface area contributed by atoms with Crippen LogP contribution < -0.4 is 10.1 Å². The summed E-state index contributed by atoms with van der Waals surface area (Å²) in [6, 6.07) is 2.99. The highest BCUT2D eigenvalue weighted by Gasteiger charge is 2.51. The second-order valence-corrected chi connectivity index (χ2v) is 4.57. The van der Waals surface area contributed by atoms with Gasteiger partial charge in [0.15, 0.2) is 0 Å². The van der Waals surface area contributed by atoms with Crippen LogP contribution in [-0.4, -0.2) is 47.8 Å².